The van der Waals surface area contributed by atoms with Gasteiger partial charge in [0.15, 0.2) is 0 Å². The molecule has 0 fully saturated rings. The normalized spacial score (nSPS) is 9.33. The molecule has 0 radical (unpaired) electrons. The lowest BCUT2D eigenvalue weighted by atomic mass is 10.1. The standard InChI is InChI=1S/C9H9NO2/c1-6(9(10)12)7-4-2-3-5-8(7)11/h2-5,11H,1H2,(H2,10,12). The maximum absolute atomic E-state index is 10.7. The van der Waals surface area contributed by atoms with E-state index in [2.05, 4.69) is 6.58 Å². The van der Waals surface area contributed by atoms with Crippen LogP contribution in [0, 0.1) is 0 Å². The van der Waals surface area contributed by atoms with E-state index in [0.717, 1.165) is 0 Å². The molecule has 0 saturated carbocycles. The molecule has 0 aromatic heterocycles. The third-order valence-corrected chi connectivity index (χ3v) is 1.53. The smallest absolute Gasteiger partial charge is 0.248 e. The van der Waals surface area contributed by atoms with Gasteiger partial charge in [-0.05, 0) is 6.07 Å². The first-order valence-electron chi connectivity index (χ1n) is 3.40. The van der Waals surface area contributed by atoms with Crippen LogP contribution in [0.5, 0.6) is 5.75 Å². The highest BCUT2D eigenvalue weighted by molar-refractivity contribution is 6.18. The van der Waals surface area contributed by atoms with E-state index < -0.39 is 5.91 Å². The molecule has 1 amide bonds. The van der Waals surface area contributed by atoms with Crippen LogP contribution in [0.4, 0.5) is 0 Å². The van der Waals surface area contributed by atoms with Gasteiger partial charge in [-0.3, -0.25) is 4.79 Å². The molecule has 12 heavy (non-hydrogen) atoms. The number of phenols is 1. The number of para-hydroxylation sites is 1. The lowest BCUT2D eigenvalue weighted by molar-refractivity contribution is -0.112. The van der Waals surface area contributed by atoms with Crippen LogP contribution in [0.25, 0.3) is 5.57 Å². The Morgan fingerprint density at radius 3 is 2.50 bits per heavy atom. The first kappa shape index (κ1) is 8.33. The first-order chi connectivity index (χ1) is 5.63. The molecule has 0 aliphatic rings. The van der Waals surface area contributed by atoms with Gasteiger partial charge < -0.3 is 10.8 Å². The molecule has 0 bridgehead atoms. The summed E-state index contributed by atoms with van der Waals surface area (Å²) in [5, 5.41) is 9.26. The van der Waals surface area contributed by atoms with Crippen LogP contribution in [0.2, 0.25) is 0 Å². The van der Waals surface area contributed by atoms with E-state index >= 15 is 0 Å². The number of hydrogen-bond donors (Lipinski definition) is 2. The van der Waals surface area contributed by atoms with Crippen molar-refractivity contribution in [3.05, 3.63) is 36.4 Å². The van der Waals surface area contributed by atoms with Gasteiger partial charge in [-0.25, -0.2) is 0 Å². The molecule has 3 N–H and O–H groups in total. The van der Waals surface area contributed by atoms with E-state index in [1.54, 1.807) is 18.2 Å². The quantitative estimate of drug-likeness (QED) is 0.636. The molecule has 0 heterocycles. The maximum atomic E-state index is 10.7. The molecule has 1 aromatic rings. The summed E-state index contributed by atoms with van der Waals surface area (Å²) in [5.74, 6) is -0.613. The summed E-state index contributed by atoms with van der Waals surface area (Å²) in [4.78, 5) is 10.7. The van der Waals surface area contributed by atoms with Crippen molar-refractivity contribution in [1.82, 2.24) is 0 Å². The predicted molar refractivity (Wildman–Crippen MR) is 46.3 cm³/mol. The van der Waals surface area contributed by atoms with Crippen molar-refractivity contribution < 1.29 is 9.90 Å². The van der Waals surface area contributed by atoms with E-state index in [1.165, 1.54) is 6.07 Å². The van der Waals surface area contributed by atoms with Crippen LogP contribution in [-0.2, 0) is 4.79 Å². The van der Waals surface area contributed by atoms with Crippen molar-refractivity contribution in [2.75, 3.05) is 0 Å². The topological polar surface area (TPSA) is 63.3 Å². The fourth-order valence-corrected chi connectivity index (χ4v) is 0.862. The zero-order chi connectivity index (χ0) is 9.14. The van der Waals surface area contributed by atoms with Crippen LogP contribution in [0.15, 0.2) is 30.8 Å². The van der Waals surface area contributed by atoms with Crippen LogP contribution >= 0.6 is 0 Å². The van der Waals surface area contributed by atoms with E-state index in [9.17, 15) is 9.90 Å². The van der Waals surface area contributed by atoms with E-state index in [4.69, 9.17) is 5.73 Å². The third kappa shape index (κ3) is 1.45. The summed E-state index contributed by atoms with van der Waals surface area (Å²) in [5.41, 5.74) is 5.49. The van der Waals surface area contributed by atoms with Gasteiger partial charge >= 0.3 is 0 Å². The second-order valence-electron chi connectivity index (χ2n) is 2.36. The minimum absolute atomic E-state index is 0.0151. The number of amides is 1. The van der Waals surface area contributed by atoms with Crippen LogP contribution in [0.1, 0.15) is 5.56 Å². The van der Waals surface area contributed by atoms with Crippen LogP contribution in [-0.4, -0.2) is 11.0 Å². The minimum atomic E-state index is -0.628. The van der Waals surface area contributed by atoms with Gasteiger partial charge in [-0.15, -0.1) is 0 Å². The number of carbonyl (C=O) groups excluding carboxylic acids is 1. The number of rotatable bonds is 2. The highest BCUT2D eigenvalue weighted by Gasteiger charge is 2.08. The summed E-state index contributed by atoms with van der Waals surface area (Å²) in [6.07, 6.45) is 0. The highest BCUT2D eigenvalue weighted by Crippen LogP contribution is 2.22. The van der Waals surface area contributed by atoms with Crippen molar-refractivity contribution >= 4 is 11.5 Å². The molecule has 0 aliphatic carbocycles. The molecule has 1 rings (SSSR count). The van der Waals surface area contributed by atoms with Gasteiger partial charge in [-0.2, -0.15) is 0 Å². The van der Waals surface area contributed by atoms with Crippen molar-refractivity contribution in [3.63, 3.8) is 0 Å². The van der Waals surface area contributed by atoms with Gasteiger partial charge in [0.05, 0.1) is 0 Å². The molecule has 62 valence electrons. The second-order valence-corrected chi connectivity index (χ2v) is 2.36. The van der Waals surface area contributed by atoms with E-state index in [-0.39, 0.29) is 11.3 Å². The Morgan fingerprint density at radius 2 is 2.00 bits per heavy atom. The summed E-state index contributed by atoms with van der Waals surface area (Å²) in [7, 11) is 0. The predicted octanol–water partition coefficient (Wildman–Crippen LogP) is 0.891. The molecule has 0 atom stereocenters. The van der Waals surface area contributed by atoms with Gasteiger partial charge in [0.2, 0.25) is 5.91 Å². The molecule has 3 nitrogen and oxygen atoms in total. The fourth-order valence-electron chi connectivity index (χ4n) is 0.862. The van der Waals surface area contributed by atoms with E-state index in [0.29, 0.717) is 5.56 Å². The average Bonchev–Trinajstić information content (AvgIpc) is 2.04. The van der Waals surface area contributed by atoms with Crippen molar-refractivity contribution in [3.8, 4) is 5.75 Å². The summed E-state index contributed by atoms with van der Waals surface area (Å²) < 4.78 is 0. The van der Waals surface area contributed by atoms with Crippen molar-refractivity contribution in [2.45, 2.75) is 0 Å². The zero-order valence-corrected chi connectivity index (χ0v) is 6.45. The molecular weight excluding hydrogens is 154 g/mol. The lowest BCUT2D eigenvalue weighted by Crippen LogP contribution is -2.11. The number of phenolic OH excluding ortho intramolecular Hbond substituents is 1. The Labute approximate surface area is 70.1 Å². The molecule has 0 saturated heterocycles. The number of nitrogens with two attached hydrogens (primary N) is 1. The van der Waals surface area contributed by atoms with Crippen LogP contribution in [0.3, 0.4) is 0 Å². The maximum Gasteiger partial charge on any atom is 0.248 e. The Balaban J connectivity index is 3.11. The van der Waals surface area contributed by atoms with Gasteiger partial charge in [0.1, 0.15) is 5.75 Å². The van der Waals surface area contributed by atoms with Crippen LogP contribution < -0.4 is 5.73 Å². The van der Waals surface area contributed by atoms with Crippen molar-refractivity contribution in [1.29, 1.82) is 0 Å². The lowest BCUT2D eigenvalue weighted by Gasteiger charge is -2.02. The second kappa shape index (κ2) is 3.09. The van der Waals surface area contributed by atoms with Gasteiger partial charge in [0, 0.05) is 11.1 Å². The molecule has 0 aliphatic heterocycles. The average molecular weight is 163 g/mol. The summed E-state index contributed by atoms with van der Waals surface area (Å²) >= 11 is 0. The van der Waals surface area contributed by atoms with E-state index in [1.807, 2.05) is 0 Å². The minimum Gasteiger partial charge on any atom is -0.507 e. The molecular formula is C9H9NO2. The summed E-state index contributed by atoms with van der Waals surface area (Å²) in [6, 6.07) is 6.42. The van der Waals surface area contributed by atoms with Gasteiger partial charge in [-0.1, -0.05) is 24.8 Å². The zero-order valence-electron chi connectivity index (χ0n) is 6.45. The number of primary amides is 1. The number of hydrogen-bond acceptors (Lipinski definition) is 2. The summed E-state index contributed by atoms with van der Waals surface area (Å²) in [6.45, 7) is 3.45. The number of benzene rings is 1. The third-order valence-electron chi connectivity index (χ3n) is 1.53. The van der Waals surface area contributed by atoms with Gasteiger partial charge in [0.25, 0.3) is 0 Å². The van der Waals surface area contributed by atoms with Crippen molar-refractivity contribution in [2.24, 2.45) is 5.73 Å². The number of carbonyl (C=O) groups is 1. The molecule has 0 spiro atoms. The highest BCUT2D eigenvalue weighted by atomic mass is 16.3. The Kier molecular flexibility index (Phi) is 2.14. The first-order valence-corrected chi connectivity index (χ1v) is 3.40. The Hall–Kier alpha value is -1.77. The molecule has 0 unspecified atom stereocenters. The monoisotopic (exact) mass is 163 g/mol. The fraction of sp³-hybridized carbons (Fsp3) is 0. The molecule has 3 heteroatoms. The Bertz CT molecular complexity index is 331. The Morgan fingerprint density at radius 1 is 1.42 bits per heavy atom. The number of aromatic hydroxyl groups is 1. The SMILES string of the molecule is C=C(C(N)=O)c1ccccc1O. The molecule has 1 aromatic carbocycles. The largest absolute Gasteiger partial charge is 0.507 e.